The first kappa shape index (κ1) is 11.8. The maximum absolute atomic E-state index is 9.48. The average molecular weight is 232 g/mol. The standard InChI is InChI=1S/C13H16N2O2/c1-13(16)14-10-11(15-13)6-5-9-17-12-7-3-2-4-8-12/h2-4,7-8,10,16H,5-6,9H2,1H3. The number of rotatable bonds is 5. The molecular formula is C13H16N2O2. The summed E-state index contributed by atoms with van der Waals surface area (Å²) in [7, 11) is 0. The lowest BCUT2D eigenvalue weighted by molar-refractivity contribution is 0.0838. The summed E-state index contributed by atoms with van der Waals surface area (Å²) in [6.07, 6.45) is 3.25. The van der Waals surface area contributed by atoms with Crippen LogP contribution in [0.2, 0.25) is 0 Å². The van der Waals surface area contributed by atoms with Crippen LogP contribution in [-0.4, -0.2) is 29.5 Å². The van der Waals surface area contributed by atoms with Crippen LogP contribution in [0.15, 0.2) is 40.3 Å². The van der Waals surface area contributed by atoms with Gasteiger partial charge in [0.2, 0.25) is 0 Å². The largest absolute Gasteiger partial charge is 0.494 e. The molecule has 4 heteroatoms. The molecule has 4 nitrogen and oxygen atoms in total. The van der Waals surface area contributed by atoms with E-state index in [4.69, 9.17) is 4.74 Å². The van der Waals surface area contributed by atoms with Crippen molar-refractivity contribution in [2.24, 2.45) is 9.98 Å². The first-order valence-corrected chi connectivity index (χ1v) is 5.70. The maximum Gasteiger partial charge on any atom is 0.251 e. The first-order valence-electron chi connectivity index (χ1n) is 5.70. The summed E-state index contributed by atoms with van der Waals surface area (Å²) in [5.74, 6) is -0.378. The highest BCUT2D eigenvalue weighted by molar-refractivity contribution is 6.31. The lowest BCUT2D eigenvalue weighted by atomic mass is 10.2. The Hall–Kier alpha value is -1.68. The molecule has 0 bridgehead atoms. The summed E-state index contributed by atoms with van der Waals surface area (Å²) in [6.45, 7) is 2.20. The molecule has 1 aliphatic heterocycles. The second kappa shape index (κ2) is 5.10. The number of para-hydroxylation sites is 1. The van der Waals surface area contributed by atoms with E-state index in [2.05, 4.69) is 9.98 Å². The summed E-state index contributed by atoms with van der Waals surface area (Å²) in [6, 6.07) is 9.71. The Labute approximate surface area is 101 Å². The van der Waals surface area contributed by atoms with Crippen LogP contribution >= 0.6 is 0 Å². The fourth-order valence-corrected chi connectivity index (χ4v) is 1.61. The van der Waals surface area contributed by atoms with Gasteiger partial charge in [-0.2, -0.15) is 0 Å². The molecule has 1 N–H and O–H groups in total. The molecule has 1 unspecified atom stereocenters. The molecule has 1 heterocycles. The highest BCUT2D eigenvalue weighted by atomic mass is 16.5. The van der Waals surface area contributed by atoms with Gasteiger partial charge in [0.1, 0.15) is 5.75 Å². The molecule has 2 rings (SSSR count). The van der Waals surface area contributed by atoms with Crippen molar-refractivity contribution in [1.82, 2.24) is 0 Å². The zero-order chi connectivity index (χ0) is 12.1. The Bertz CT molecular complexity index is 424. The van der Waals surface area contributed by atoms with Gasteiger partial charge in [-0.05, 0) is 25.0 Å². The van der Waals surface area contributed by atoms with Crippen LogP contribution in [0.5, 0.6) is 5.75 Å². The van der Waals surface area contributed by atoms with Crippen molar-refractivity contribution in [1.29, 1.82) is 0 Å². The van der Waals surface area contributed by atoms with Gasteiger partial charge in [-0.3, -0.25) is 0 Å². The maximum atomic E-state index is 9.48. The lowest BCUT2D eigenvalue weighted by Crippen LogP contribution is -2.14. The van der Waals surface area contributed by atoms with E-state index in [0.29, 0.717) is 6.61 Å². The van der Waals surface area contributed by atoms with E-state index in [9.17, 15) is 5.11 Å². The molecule has 1 aliphatic rings. The minimum atomic E-state index is -1.25. The molecule has 0 aromatic heterocycles. The Morgan fingerprint density at radius 3 is 2.71 bits per heavy atom. The first-order chi connectivity index (χ1) is 8.16. The number of nitrogens with zero attached hydrogens (tertiary/aromatic N) is 2. The summed E-state index contributed by atoms with van der Waals surface area (Å²) in [4.78, 5) is 7.93. The molecule has 0 radical (unpaired) electrons. The molecule has 1 aromatic rings. The van der Waals surface area contributed by atoms with E-state index < -0.39 is 5.85 Å². The minimum absolute atomic E-state index is 0.638. The topological polar surface area (TPSA) is 54.2 Å². The van der Waals surface area contributed by atoms with Crippen molar-refractivity contribution in [2.45, 2.75) is 25.6 Å². The fourth-order valence-electron chi connectivity index (χ4n) is 1.61. The van der Waals surface area contributed by atoms with Crippen LogP contribution in [-0.2, 0) is 0 Å². The van der Waals surface area contributed by atoms with Crippen LogP contribution in [0.25, 0.3) is 0 Å². The summed E-state index contributed by atoms with van der Waals surface area (Å²) in [5.41, 5.74) is 0.826. The van der Waals surface area contributed by atoms with Crippen molar-refractivity contribution in [3.8, 4) is 5.75 Å². The Morgan fingerprint density at radius 2 is 2.06 bits per heavy atom. The predicted octanol–water partition coefficient (Wildman–Crippen LogP) is 2.04. The van der Waals surface area contributed by atoms with E-state index in [1.807, 2.05) is 30.3 Å². The highest BCUT2D eigenvalue weighted by Gasteiger charge is 2.21. The third-order valence-electron chi connectivity index (χ3n) is 2.40. The molecule has 0 saturated heterocycles. The molecule has 0 saturated carbocycles. The third kappa shape index (κ3) is 3.67. The Morgan fingerprint density at radius 1 is 1.29 bits per heavy atom. The average Bonchev–Trinajstić information content (AvgIpc) is 2.66. The zero-order valence-corrected chi connectivity index (χ0v) is 9.84. The van der Waals surface area contributed by atoms with Crippen molar-refractivity contribution >= 4 is 11.9 Å². The van der Waals surface area contributed by atoms with Crippen LogP contribution in [0.1, 0.15) is 19.8 Å². The van der Waals surface area contributed by atoms with E-state index in [1.54, 1.807) is 13.1 Å². The number of ether oxygens (including phenoxy) is 1. The second-order valence-electron chi connectivity index (χ2n) is 4.10. The van der Waals surface area contributed by atoms with Gasteiger partial charge < -0.3 is 9.84 Å². The molecule has 0 spiro atoms. The van der Waals surface area contributed by atoms with Crippen molar-refractivity contribution < 1.29 is 9.84 Å². The van der Waals surface area contributed by atoms with Crippen LogP contribution in [0.3, 0.4) is 0 Å². The van der Waals surface area contributed by atoms with Gasteiger partial charge in [-0.15, -0.1) is 0 Å². The molecule has 1 atom stereocenters. The van der Waals surface area contributed by atoms with Crippen LogP contribution in [0, 0.1) is 0 Å². The molecule has 90 valence electrons. The van der Waals surface area contributed by atoms with Crippen molar-refractivity contribution in [3.63, 3.8) is 0 Å². The fraction of sp³-hybridized carbons (Fsp3) is 0.385. The van der Waals surface area contributed by atoms with Crippen molar-refractivity contribution in [2.75, 3.05) is 6.61 Å². The molecule has 0 fully saturated rings. The van der Waals surface area contributed by atoms with Gasteiger partial charge in [0.05, 0.1) is 12.3 Å². The van der Waals surface area contributed by atoms with E-state index in [0.717, 1.165) is 24.3 Å². The summed E-state index contributed by atoms with van der Waals surface area (Å²) < 4.78 is 5.56. The number of benzene rings is 1. The molecule has 0 aliphatic carbocycles. The SMILES string of the molecule is CC1(O)N=CC(CCCOc2ccccc2)=N1. The number of hydrogen-bond acceptors (Lipinski definition) is 4. The van der Waals surface area contributed by atoms with Crippen LogP contribution in [0.4, 0.5) is 0 Å². The summed E-state index contributed by atoms with van der Waals surface area (Å²) in [5, 5.41) is 9.48. The second-order valence-corrected chi connectivity index (χ2v) is 4.10. The Kier molecular flexibility index (Phi) is 3.54. The van der Waals surface area contributed by atoms with Gasteiger partial charge in [0, 0.05) is 13.1 Å². The van der Waals surface area contributed by atoms with Gasteiger partial charge in [-0.25, -0.2) is 9.98 Å². The lowest BCUT2D eigenvalue weighted by Gasteiger charge is -2.07. The smallest absolute Gasteiger partial charge is 0.251 e. The molecular weight excluding hydrogens is 216 g/mol. The quantitative estimate of drug-likeness (QED) is 0.790. The van der Waals surface area contributed by atoms with Gasteiger partial charge in [-0.1, -0.05) is 18.2 Å². The molecule has 1 aromatic carbocycles. The van der Waals surface area contributed by atoms with E-state index in [-0.39, 0.29) is 0 Å². The van der Waals surface area contributed by atoms with Crippen LogP contribution < -0.4 is 4.74 Å². The van der Waals surface area contributed by atoms with Gasteiger partial charge >= 0.3 is 0 Å². The monoisotopic (exact) mass is 232 g/mol. The highest BCUT2D eigenvalue weighted by Crippen LogP contribution is 2.14. The van der Waals surface area contributed by atoms with Crippen molar-refractivity contribution in [3.05, 3.63) is 30.3 Å². The molecule has 17 heavy (non-hydrogen) atoms. The Balaban J connectivity index is 1.70. The molecule has 0 amide bonds. The minimum Gasteiger partial charge on any atom is -0.494 e. The number of hydrogen-bond donors (Lipinski definition) is 1. The normalized spacial score (nSPS) is 22.6. The van der Waals surface area contributed by atoms with Gasteiger partial charge in [0.25, 0.3) is 5.85 Å². The predicted molar refractivity (Wildman–Crippen MR) is 67.7 cm³/mol. The third-order valence-corrected chi connectivity index (χ3v) is 2.40. The number of aliphatic imine (C=N–C) groups is 2. The van der Waals surface area contributed by atoms with Gasteiger partial charge in [0.15, 0.2) is 0 Å². The van der Waals surface area contributed by atoms with E-state index in [1.165, 1.54) is 0 Å². The van der Waals surface area contributed by atoms with E-state index >= 15 is 0 Å². The zero-order valence-electron chi connectivity index (χ0n) is 9.84. The number of aliphatic hydroxyl groups is 1. The summed E-state index contributed by atoms with van der Waals surface area (Å²) >= 11 is 0.